The number of aliphatic hydroxyl groups is 1. The Kier molecular flexibility index (Phi) is 12.8. The molecule has 2 aliphatic rings. The number of aliphatic hydroxyl groups excluding tert-OH is 1. The highest BCUT2D eigenvalue weighted by molar-refractivity contribution is 7.89. The van der Waals surface area contributed by atoms with E-state index in [1.807, 2.05) is 45.0 Å². The molecule has 53 heavy (non-hydrogen) atoms. The van der Waals surface area contributed by atoms with Crippen LogP contribution >= 0.6 is 34.8 Å². The fourth-order valence-corrected chi connectivity index (χ4v) is 9.10. The summed E-state index contributed by atoms with van der Waals surface area (Å²) in [5.74, 6) is 0.493. The number of amides is 2. The van der Waals surface area contributed by atoms with Crippen LogP contribution < -0.4 is 9.46 Å². The second-order valence-corrected chi connectivity index (χ2v) is 17.4. The molecule has 0 aromatic heterocycles. The molecule has 2 aliphatic heterocycles. The van der Waals surface area contributed by atoms with Crippen LogP contribution in [-0.4, -0.2) is 105 Å². The second kappa shape index (κ2) is 16.4. The lowest BCUT2D eigenvalue weighted by molar-refractivity contribution is 0.0549. The molecule has 2 N–H and O–H groups in total. The quantitative estimate of drug-likeness (QED) is 0.194. The first-order valence-electron chi connectivity index (χ1n) is 17.6. The minimum absolute atomic E-state index is 0.0366. The summed E-state index contributed by atoms with van der Waals surface area (Å²) in [4.78, 5) is 26.2. The molecule has 0 radical (unpaired) electrons. The van der Waals surface area contributed by atoms with Gasteiger partial charge in [0.15, 0.2) is 0 Å². The van der Waals surface area contributed by atoms with E-state index in [1.54, 1.807) is 54.8 Å². The Labute approximate surface area is 327 Å². The molecule has 0 bridgehead atoms. The molecule has 5 rings (SSSR count). The van der Waals surface area contributed by atoms with Crippen LogP contribution in [-0.2, 0) is 25.8 Å². The predicted octanol–water partition coefficient (Wildman–Crippen LogP) is 6.76. The van der Waals surface area contributed by atoms with Gasteiger partial charge in [-0.2, -0.15) is 0 Å². The number of nitrogens with zero attached hydrogens (tertiary/aromatic N) is 4. The fraction of sp³-hybridized carbons (Fsp3) is 0.474. The summed E-state index contributed by atoms with van der Waals surface area (Å²) >= 11 is 19.5. The van der Waals surface area contributed by atoms with Crippen LogP contribution in [0.5, 0.6) is 5.75 Å². The Morgan fingerprint density at radius 3 is 2.06 bits per heavy atom. The monoisotopic (exact) mass is 807 g/mol. The number of amidine groups is 1. The molecule has 0 saturated carbocycles. The number of nitrogens with one attached hydrogen (secondary N) is 1. The van der Waals surface area contributed by atoms with Crippen molar-refractivity contribution in [2.24, 2.45) is 4.99 Å². The number of hydrogen-bond donors (Lipinski definition) is 2. The molecule has 288 valence electrons. The maximum absolute atomic E-state index is 15.3. The average molecular weight is 809 g/mol. The van der Waals surface area contributed by atoms with Gasteiger partial charge in [0.2, 0.25) is 10.0 Å². The lowest BCUT2D eigenvalue weighted by Gasteiger charge is -2.47. The van der Waals surface area contributed by atoms with Gasteiger partial charge in [0.05, 0.1) is 37.0 Å². The van der Waals surface area contributed by atoms with Gasteiger partial charge >= 0.3 is 6.03 Å². The molecule has 11 nitrogen and oxygen atoms in total. The zero-order valence-electron chi connectivity index (χ0n) is 31.0. The lowest BCUT2D eigenvalue weighted by atomic mass is 9.71. The maximum atomic E-state index is 15.3. The summed E-state index contributed by atoms with van der Waals surface area (Å²) in [6.07, 6.45) is 0. The first kappa shape index (κ1) is 41.2. The number of urea groups is 1. The van der Waals surface area contributed by atoms with Crippen molar-refractivity contribution in [3.8, 4) is 5.75 Å². The number of carbonyl (C=O) groups excluding carboxylic acids is 1. The average Bonchev–Trinajstić information content (AvgIpc) is 3.34. The van der Waals surface area contributed by atoms with E-state index in [-0.39, 0.29) is 52.9 Å². The molecule has 3 aromatic rings. The van der Waals surface area contributed by atoms with Gasteiger partial charge in [0, 0.05) is 54.4 Å². The van der Waals surface area contributed by atoms with Gasteiger partial charge in [-0.15, -0.1) is 0 Å². The molecule has 1 saturated heterocycles. The SMILES string of the molecule is CCOc1cc(Cl)c(S(=O)(=O)NC(C)(C)C)cc1C1=N[C@@](C)(c2ccc(Cl)cc2)[C@@](C)(c2ccc(Cl)cc2)N1C(=O)N1CCN(CCOCCO)CC1. The topological polar surface area (TPSA) is 124 Å². The van der Waals surface area contributed by atoms with E-state index in [0.29, 0.717) is 49.4 Å². The highest BCUT2D eigenvalue weighted by Gasteiger charge is 2.60. The number of halogens is 3. The highest BCUT2D eigenvalue weighted by atomic mass is 35.5. The summed E-state index contributed by atoms with van der Waals surface area (Å²) < 4.78 is 42.0. The molecule has 2 atom stereocenters. The number of benzene rings is 3. The Morgan fingerprint density at radius 2 is 1.51 bits per heavy atom. The summed E-state index contributed by atoms with van der Waals surface area (Å²) in [7, 11) is -4.14. The smallest absolute Gasteiger partial charge is 0.326 e. The van der Waals surface area contributed by atoms with Crippen LogP contribution in [0, 0.1) is 0 Å². The van der Waals surface area contributed by atoms with E-state index >= 15 is 4.79 Å². The highest BCUT2D eigenvalue weighted by Crippen LogP contribution is 2.54. The first-order valence-corrected chi connectivity index (χ1v) is 20.2. The largest absolute Gasteiger partial charge is 0.493 e. The first-order chi connectivity index (χ1) is 24.9. The van der Waals surface area contributed by atoms with Gasteiger partial charge in [-0.25, -0.2) is 17.9 Å². The molecular weight excluding hydrogens is 761 g/mol. The van der Waals surface area contributed by atoms with Crippen LogP contribution in [0.4, 0.5) is 4.79 Å². The number of rotatable bonds is 12. The van der Waals surface area contributed by atoms with Crippen molar-refractivity contribution in [3.05, 3.63) is 92.4 Å². The third kappa shape index (κ3) is 8.65. The third-order valence-electron chi connectivity index (χ3n) is 9.68. The molecule has 1 fully saturated rings. The molecule has 0 aliphatic carbocycles. The van der Waals surface area contributed by atoms with E-state index in [2.05, 4.69) is 9.62 Å². The third-order valence-corrected chi connectivity index (χ3v) is 12.4. The standard InChI is InChI=1S/C38H48Cl3N5O6S/c1-7-52-32-25-31(41)33(53(49,50)43-36(2,3)4)24-30(32)34-42-37(5,26-8-12-28(39)13-9-26)38(6,27-10-14-29(40)15-11-27)46(34)35(48)45-18-16-44(17-19-45)20-22-51-23-21-47/h8-15,24-25,43,47H,7,16-23H2,1-6H3/t37-,38+/m0/s1. The fourth-order valence-electron chi connectivity index (χ4n) is 6.88. The number of carbonyl (C=O) groups is 1. The number of ether oxygens (including phenoxy) is 2. The maximum Gasteiger partial charge on any atom is 0.326 e. The normalized spacial score (nSPS) is 21.2. The van der Waals surface area contributed by atoms with Crippen LogP contribution in [0.25, 0.3) is 0 Å². The van der Waals surface area contributed by atoms with Crippen LogP contribution in [0.15, 0.2) is 70.6 Å². The second-order valence-electron chi connectivity index (χ2n) is 14.4. The summed E-state index contributed by atoms with van der Waals surface area (Å²) in [5.41, 5.74) is -1.33. The molecule has 2 amide bonds. The van der Waals surface area contributed by atoms with Crippen LogP contribution in [0.3, 0.4) is 0 Å². The molecule has 0 spiro atoms. The molecule has 0 unspecified atom stereocenters. The van der Waals surface area contributed by atoms with Gasteiger partial charge in [0.25, 0.3) is 0 Å². The van der Waals surface area contributed by atoms with E-state index in [9.17, 15) is 8.42 Å². The Morgan fingerprint density at radius 1 is 0.925 bits per heavy atom. The van der Waals surface area contributed by atoms with Gasteiger partial charge in [-0.1, -0.05) is 59.1 Å². The Bertz CT molecular complexity index is 1920. The van der Waals surface area contributed by atoms with Crippen molar-refractivity contribution in [3.63, 3.8) is 0 Å². The summed E-state index contributed by atoms with van der Waals surface area (Å²) in [6, 6.07) is 17.3. The molecular formula is C38H48Cl3N5O6S. The van der Waals surface area contributed by atoms with E-state index in [1.165, 1.54) is 12.1 Å². The zero-order valence-corrected chi connectivity index (χ0v) is 34.0. The van der Waals surface area contributed by atoms with Crippen LogP contribution in [0.1, 0.15) is 58.2 Å². The summed E-state index contributed by atoms with van der Waals surface area (Å²) in [6.45, 7) is 14.6. The van der Waals surface area contributed by atoms with Gasteiger partial charge in [-0.05, 0) is 83.0 Å². The van der Waals surface area contributed by atoms with Crippen molar-refractivity contribution < 1.29 is 27.8 Å². The minimum Gasteiger partial charge on any atom is -0.493 e. The minimum atomic E-state index is -4.14. The summed E-state index contributed by atoms with van der Waals surface area (Å²) in [5, 5.41) is 10.1. The van der Waals surface area contributed by atoms with Gasteiger partial charge in [0.1, 0.15) is 27.6 Å². The van der Waals surface area contributed by atoms with Gasteiger partial charge < -0.3 is 19.5 Å². The lowest BCUT2D eigenvalue weighted by Crippen LogP contribution is -2.60. The zero-order chi connectivity index (χ0) is 38.8. The van der Waals surface area contributed by atoms with Crippen molar-refractivity contribution in [2.75, 3.05) is 59.2 Å². The van der Waals surface area contributed by atoms with Crippen molar-refractivity contribution in [2.45, 2.75) is 63.1 Å². The van der Waals surface area contributed by atoms with Crippen molar-refractivity contribution in [1.82, 2.24) is 19.4 Å². The van der Waals surface area contributed by atoms with E-state index in [0.717, 1.165) is 11.1 Å². The Balaban J connectivity index is 1.73. The number of piperazine rings is 1. The molecule has 2 heterocycles. The number of hydrogen-bond acceptors (Lipinski definition) is 8. The van der Waals surface area contributed by atoms with Crippen molar-refractivity contribution in [1.29, 1.82) is 0 Å². The van der Waals surface area contributed by atoms with E-state index < -0.39 is 26.6 Å². The van der Waals surface area contributed by atoms with Crippen molar-refractivity contribution >= 4 is 56.7 Å². The van der Waals surface area contributed by atoms with Crippen LogP contribution in [0.2, 0.25) is 15.1 Å². The predicted molar refractivity (Wildman–Crippen MR) is 210 cm³/mol. The van der Waals surface area contributed by atoms with E-state index in [4.69, 9.17) is 54.4 Å². The molecule has 15 heteroatoms. The number of aliphatic imine (C=N–C) groups is 1. The number of sulfonamides is 1. The Hall–Kier alpha value is -2.94. The molecule has 3 aromatic carbocycles. The van der Waals surface area contributed by atoms with Gasteiger partial charge in [-0.3, -0.25) is 14.8 Å².